The van der Waals surface area contributed by atoms with Gasteiger partial charge in [-0.15, -0.1) is 0 Å². The second-order valence-corrected chi connectivity index (χ2v) is 5.14. The van der Waals surface area contributed by atoms with Crippen molar-refractivity contribution in [1.82, 2.24) is 10.3 Å². The van der Waals surface area contributed by atoms with Gasteiger partial charge in [0.25, 0.3) is 5.91 Å². The summed E-state index contributed by atoms with van der Waals surface area (Å²) >= 11 is 0. The molecule has 0 atom stereocenters. The molecule has 0 aliphatic carbocycles. The molecule has 20 heavy (non-hydrogen) atoms. The summed E-state index contributed by atoms with van der Waals surface area (Å²) in [5, 5.41) is 6.10. The lowest BCUT2D eigenvalue weighted by molar-refractivity contribution is 0.0948. The number of carbonyl (C=O) groups excluding carboxylic acids is 1. The lowest BCUT2D eigenvalue weighted by Gasteiger charge is -2.09. The molecule has 1 rings (SSSR count). The zero-order valence-corrected chi connectivity index (χ0v) is 12.6. The summed E-state index contributed by atoms with van der Waals surface area (Å²) in [6.07, 6.45) is 3.55. The number of ether oxygens (including phenoxy) is 1. The smallest absolute Gasteiger partial charge is 0.251 e. The summed E-state index contributed by atoms with van der Waals surface area (Å²) in [6, 6.07) is 3.51. The van der Waals surface area contributed by atoms with Gasteiger partial charge in [-0.3, -0.25) is 4.79 Å². The highest BCUT2D eigenvalue weighted by atomic mass is 16.5. The van der Waals surface area contributed by atoms with Crippen LogP contribution in [0.25, 0.3) is 0 Å². The van der Waals surface area contributed by atoms with Gasteiger partial charge in [-0.2, -0.15) is 0 Å². The number of hydrogen-bond donors (Lipinski definition) is 2. The number of nitrogens with zero attached hydrogens (tertiary/aromatic N) is 1. The number of pyridine rings is 1. The lowest BCUT2D eigenvalue weighted by atomic mass is 10.1. The lowest BCUT2D eigenvalue weighted by Crippen LogP contribution is -2.25. The minimum atomic E-state index is -0.0737. The molecule has 0 saturated heterocycles. The summed E-state index contributed by atoms with van der Waals surface area (Å²) in [5.41, 5.74) is 0.629. The molecule has 0 radical (unpaired) electrons. The highest BCUT2D eigenvalue weighted by Gasteiger charge is 2.06. The van der Waals surface area contributed by atoms with Gasteiger partial charge < -0.3 is 15.4 Å². The maximum Gasteiger partial charge on any atom is 0.251 e. The van der Waals surface area contributed by atoms with E-state index < -0.39 is 0 Å². The average molecular weight is 279 g/mol. The van der Waals surface area contributed by atoms with Gasteiger partial charge in [-0.05, 0) is 30.9 Å². The number of hydrogen-bond acceptors (Lipinski definition) is 4. The predicted molar refractivity (Wildman–Crippen MR) is 81.0 cm³/mol. The second-order valence-electron chi connectivity index (χ2n) is 5.14. The molecule has 2 N–H and O–H groups in total. The summed E-state index contributed by atoms with van der Waals surface area (Å²) in [7, 11) is 1.65. The fourth-order valence-corrected chi connectivity index (χ4v) is 1.68. The van der Waals surface area contributed by atoms with E-state index in [0.29, 0.717) is 24.6 Å². The van der Waals surface area contributed by atoms with Crippen molar-refractivity contribution in [3.05, 3.63) is 23.9 Å². The Kier molecular flexibility index (Phi) is 7.65. The highest BCUT2D eigenvalue weighted by molar-refractivity contribution is 5.94. The van der Waals surface area contributed by atoms with E-state index in [4.69, 9.17) is 4.74 Å². The van der Waals surface area contributed by atoms with E-state index in [1.807, 2.05) is 0 Å². The van der Waals surface area contributed by atoms with Crippen molar-refractivity contribution in [2.45, 2.75) is 26.7 Å². The molecule has 0 aliphatic rings. The highest BCUT2D eigenvalue weighted by Crippen LogP contribution is 2.08. The molecule has 1 aromatic heterocycles. The minimum Gasteiger partial charge on any atom is -0.385 e. The van der Waals surface area contributed by atoms with Crippen LogP contribution in [0.4, 0.5) is 5.82 Å². The Balaban J connectivity index is 2.43. The number of amides is 1. The Morgan fingerprint density at radius 1 is 1.40 bits per heavy atom. The Labute approximate surface area is 121 Å². The molecule has 0 spiro atoms. The number of nitrogens with one attached hydrogen (secondary N) is 2. The molecular weight excluding hydrogens is 254 g/mol. The van der Waals surface area contributed by atoms with Crippen LogP contribution in [0.5, 0.6) is 0 Å². The van der Waals surface area contributed by atoms with Crippen molar-refractivity contribution in [3.63, 3.8) is 0 Å². The van der Waals surface area contributed by atoms with Crippen molar-refractivity contribution >= 4 is 11.7 Å². The SMILES string of the molecule is COCCCNC(=O)c1ccnc(NCCC(C)C)c1. The van der Waals surface area contributed by atoms with Crippen LogP contribution < -0.4 is 10.6 Å². The van der Waals surface area contributed by atoms with E-state index in [0.717, 1.165) is 25.2 Å². The first-order chi connectivity index (χ1) is 9.63. The van der Waals surface area contributed by atoms with Gasteiger partial charge in [0.05, 0.1) is 0 Å². The minimum absolute atomic E-state index is 0.0737. The maximum absolute atomic E-state index is 11.9. The summed E-state index contributed by atoms with van der Waals surface area (Å²) in [6.45, 7) is 6.49. The molecule has 0 unspecified atom stereocenters. The van der Waals surface area contributed by atoms with E-state index >= 15 is 0 Å². The number of aromatic nitrogens is 1. The van der Waals surface area contributed by atoms with E-state index in [1.165, 1.54) is 0 Å². The zero-order valence-electron chi connectivity index (χ0n) is 12.6. The Morgan fingerprint density at radius 3 is 2.90 bits per heavy atom. The van der Waals surface area contributed by atoms with Crippen LogP contribution in [0.15, 0.2) is 18.3 Å². The Morgan fingerprint density at radius 2 is 2.20 bits per heavy atom. The molecular formula is C15H25N3O2. The number of anilines is 1. The molecule has 0 aliphatic heterocycles. The van der Waals surface area contributed by atoms with Gasteiger partial charge in [0.1, 0.15) is 5.82 Å². The van der Waals surface area contributed by atoms with Crippen LogP contribution >= 0.6 is 0 Å². The largest absolute Gasteiger partial charge is 0.385 e. The van der Waals surface area contributed by atoms with Gasteiger partial charge in [-0.25, -0.2) is 4.98 Å². The van der Waals surface area contributed by atoms with Gasteiger partial charge in [0.2, 0.25) is 0 Å². The Bertz CT molecular complexity index is 408. The summed E-state index contributed by atoms with van der Waals surface area (Å²) in [5.74, 6) is 1.32. The molecule has 0 saturated carbocycles. The molecule has 5 heteroatoms. The first-order valence-corrected chi connectivity index (χ1v) is 7.10. The fraction of sp³-hybridized carbons (Fsp3) is 0.600. The second kappa shape index (κ2) is 9.31. The van der Waals surface area contributed by atoms with Crippen LogP contribution in [0.1, 0.15) is 37.0 Å². The van der Waals surface area contributed by atoms with Crippen molar-refractivity contribution in [1.29, 1.82) is 0 Å². The van der Waals surface area contributed by atoms with Crippen LogP contribution in [-0.4, -0.2) is 37.7 Å². The van der Waals surface area contributed by atoms with Crippen LogP contribution in [-0.2, 0) is 4.74 Å². The van der Waals surface area contributed by atoms with Gasteiger partial charge in [-0.1, -0.05) is 13.8 Å². The maximum atomic E-state index is 11.9. The number of methoxy groups -OCH3 is 1. The monoisotopic (exact) mass is 279 g/mol. The first kappa shape index (κ1) is 16.4. The van der Waals surface area contributed by atoms with Gasteiger partial charge in [0, 0.05) is 38.6 Å². The summed E-state index contributed by atoms with van der Waals surface area (Å²) < 4.78 is 4.94. The number of carbonyl (C=O) groups is 1. The van der Waals surface area contributed by atoms with Crippen LogP contribution in [0.3, 0.4) is 0 Å². The molecule has 0 aromatic carbocycles. The molecule has 112 valence electrons. The third-order valence-electron chi connectivity index (χ3n) is 2.86. The fourth-order valence-electron chi connectivity index (χ4n) is 1.68. The van der Waals surface area contributed by atoms with E-state index in [1.54, 1.807) is 25.4 Å². The average Bonchev–Trinajstić information content (AvgIpc) is 2.43. The molecule has 0 bridgehead atoms. The topological polar surface area (TPSA) is 63.2 Å². The third-order valence-corrected chi connectivity index (χ3v) is 2.86. The van der Waals surface area contributed by atoms with Crippen molar-refractivity contribution in [2.24, 2.45) is 5.92 Å². The quantitative estimate of drug-likeness (QED) is 0.681. The molecule has 5 nitrogen and oxygen atoms in total. The molecule has 1 aromatic rings. The van der Waals surface area contributed by atoms with Crippen LogP contribution in [0.2, 0.25) is 0 Å². The summed E-state index contributed by atoms with van der Waals surface area (Å²) in [4.78, 5) is 16.2. The van der Waals surface area contributed by atoms with E-state index in [9.17, 15) is 4.79 Å². The van der Waals surface area contributed by atoms with Crippen LogP contribution in [0, 0.1) is 5.92 Å². The predicted octanol–water partition coefficient (Wildman–Crippen LogP) is 2.31. The van der Waals surface area contributed by atoms with Gasteiger partial charge >= 0.3 is 0 Å². The molecule has 0 fully saturated rings. The van der Waals surface area contributed by atoms with Crippen molar-refractivity contribution < 1.29 is 9.53 Å². The van der Waals surface area contributed by atoms with E-state index in [2.05, 4.69) is 29.5 Å². The van der Waals surface area contributed by atoms with Crippen molar-refractivity contribution in [3.8, 4) is 0 Å². The Hall–Kier alpha value is -1.62. The number of rotatable bonds is 9. The standard InChI is InChI=1S/C15H25N3O2/c1-12(2)5-8-16-14-11-13(6-9-17-14)15(19)18-7-4-10-20-3/h6,9,11-12H,4-5,7-8,10H2,1-3H3,(H,16,17)(H,18,19). The third kappa shape index (κ3) is 6.52. The first-order valence-electron chi connectivity index (χ1n) is 7.10. The van der Waals surface area contributed by atoms with Gasteiger partial charge in [0.15, 0.2) is 0 Å². The molecule has 1 heterocycles. The normalized spacial score (nSPS) is 10.6. The van der Waals surface area contributed by atoms with Crippen molar-refractivity contribution in [2.75, 3.05) is 32.1 Å². The zero-order chi connectivity index (χ0) is 14.8. The molecule has 1 amide bonds. The van der Waals surface area contributed by atoms with E-state index in [-0.39, 0.29) is 5.91 Å².